The van der Waals surface area contributed by atoms with E-state index in [2.05, 4.69) is 20.9 Å². The van der Waals surface area contributed by atoms with Crippen LogP contribution in [0, 0.1) is 6.92 Å². The Morgan fingerprint density at radius 3 is 2.64 bits per heavy atom. The van der Waals surface area contributed by atoms with Crippen LogP contribution in [0.3, 0.4) is 0 Å². The van der Waals surface area contributed by atoms with Crippen LogP contribution in [0.25, 0.3) is 0 Å². The van der Waals surface area contributed by atoms with Gasteiger partial charge in [-0.05, 0) is 39.2 Å². The van der Waals surface area contributed by atoms with Crippen molar-refractivity contribution in [1.82, 2.24) is 16.0 Å². The number of furan rings is 1. The predicted octanol–water partition coefficient (Wildman–Crippen LogP) is 3.00. The number of hydrogen-bond acceptors (Lipinski definition) is 4. The van der Waals surface area contributed by atoms with E-state index in [1.807, 2.05) is 13.8 Å². The third-order valence-electron chi connectivity index (χ3n) is 4.85. The third kappa shape index (κ3) is 8.33. The average molecular weight is 393 g/mol. The van der Waals surface area contributed by atoms with Gasteiger partial charge in [0, 0.05) is 31.7 Å². The van der Waals surface area contributed by atoms with Gasteiger partial charge in [-0.2, -0.15) is 0 Å². The van der Waals surface area contributed by atoms with Gasteiger partial charge in [-0.1, -0.05) is 25.7 Å². The van der Waals surface area contributed by atoms with E-state index in [1.54, 1.807) is 6.07 Å². The molecule has 7 nitrogen and oxygen atoms in total. The highest BCUT2D eigenvalue weighted by Crippen LogP contribution is 2.19. The summed E-state index contributed by atoms with van der Waals surface area (Å²) in [6.45, 7) is 7.36. The van der Waals surface area contributed by atoms with Crippen molar-refractivity contribution >= 4 is 11.9 Å². The molecular weight excluding hydrogens is 356 g/mol. The minimum Gasteiger partial charge on any atom is -0.459 e. The molecule has 0 bridgehead atoms. The maximum absolute atomic E-state index is 12.0. The molecule has 0 aliphatic heterocycles. The van der Waals surface area contributed by atoms with E-state index in [-0.39, 0.29) is 5.91 Å². The fraction of sp³-hybridized carbons (Fsp3) is 0.714. The summed E-state index contributed by atoms with van der Waals surface area (Å²) in [5.74, 6) is 1.000. The van der Waals surface area contributed by atoms with Crippen molar-refractivity contribution < 1.29 is 13.9 Å². The molecule has 1 fully saturated rings. The SMILES string of the molecule is CCNC(=NCCCNC(=O)c1occc1C)NCCOC1CCCCCC1. The minimum absolute atomic E-state index is 0.174. The Morgan fingerprint density at radius 2 is 1.96 bits per heavy atom. The molecule has 0 atom stereocenters. The zero-order valence-electron chi connectivity index (χ0n) is 17.4. The van der Waals surface area contributed by atoms with Crippen molar-refractivity contribution in [2.45, 2.75) is 64.9 Å². The maximum Gasteiger partial charge on any atom is 0.287 e. The number of carbonyl (C=O) groups excluding carboxylic acids is 1. The molecule has 7 heteroatoms. The first-order chi connectivity index (χ1) is 13.7. The molecule has 3 N–H and O–H groups in total. The Bertz CT molecular complexity index is 592. The molecule has 1 aliphatic carbocycles. The first-order valence-electron chi connectivity index (χ1n) is 10.7. The van der Waals surface area contributed by atoms with Gasteiger partial charge in [0.1, 0.15) is 0 Å². The number of amides is 1. The first kappa shape index (κ1) is 22.3. The van der Waals surface area contributed by atoms with Gasteiger partial charge in [-0.3, -0.25) is 9.79 Å². The maximum atomic E-state index is 12.0. The zero-order chi connectivity index (χ0) is 20.0. The summed E-state index contributed by atoms with van der Waals surface area (Å²) in [7, 11) is 0. The molecule has 1 aromatic rings. The van der Waals surface area contributed by atoms with Crippen molar-refractivity contribution in [2.24, 2.45) is 4.99 Å². The Morgan fingerprint density at radius 1 is 1.18 bits per heavy atom. The lowest BCUT2D eigenvalue weighted by atomic mass is 10.1. The molecule has 1 amide bonds. The van der Waals surface area contributed by atoms with Crippen LogP contribution in [-0.2, 0) is 4.74 Å². The summed E-state index contributed by atoms with van der Waals surface area (Å²) >= 11 is 0. The fourth-order valence-electron chi connectivity index (χ4n) is 3.30. The second-order valence-corrected chi connectivity index (χ2v) is 7.21. The largest absolute Gasteiger partial charge is 0.459 e. The number of aryl methyl sites for hydroxylation is 1. The third-order valence-corrected chi connectivity index (χ3v) is 4.85. The fourth-order valence-corrected chi connectivity index (χ4v) is 3.30. The van der Waals surface area contributed by atoms with Gasteiger partial charge >= 0.3 is 0 Å². The highest BCUT2D eigenvalue weighted by molar-refractivity contribution is 5.92. The molecule has 28 heavy (non-hydrogen) atoms. The van der Waals surface area contributed by atoms with Gasteiger partial charge in [-0.25, -0.2) is 0 Å². The summed E-state index contributed by atoms with van der Waals surface area (Å²) in [6, 6.07) is 1.78. The number of ether oxygens (including phenoxy) is 1. The summed E-state index contributed by atoms with van der Waals surface area (Å²) in [4.78, 5) is 16.5. The normalized spacial score (nSPS) is 15.9. The van der Waals surface area contributed by atoms with Gasteiger partial charge in [0.15, 0.2) is 11.7 Å². The molecule has 0 aromatic carbocycles. The van der Waals surface area contributed by atoms with Crippen molar-refractivity contribution in [1.29, 1.82) is 0 Å². The summed E-state index contributed by atoms with van der Waals surface area (Å²) in [5.41, 5.74) is 0.847. The van der Waals surface area contributed by atoms with E-state index < -0.39 is 0 Å². The van der Waals surface area contributed by atoms with Gasteiger partial charge in [0.2, 0.25) is 0 Å². The number of rotatable bonds is 10. The second-order valence-electron chi connectivity index (χ2n) is 7.21. The van der Waals surface area contributed by atoms with Crippen LogP contribution in [0.2, 0.25) is 0 Å². The van der Waals surface area contributed by atoms with Crippen molar-refractivity contribution in [3.8, 4) is 0 Å². The summed E-state index contributed by atoms with van der Waals surface area (Å²) in [6.07, 6.45) is 10.4. The van der Waals surface area contributed by atoms with E-state index in [1.165, 1.54) is 44.8 Å². The van der Waals surface area contributed by atoms with Gasteiger partial charge in [0.05, 0.1) is 19.0 Å². The predicted molar refractivity (Wildman–Crippen MR) is 112 cm³/mol. The minimum atomic E-state index is -0.174. The average Bonchev–Trinajstić information content (AvgIpc) is 2.95. The second kappa shape index (κ2) is 13.2. The summed E-state index contributed by atoms with van der Waals surface area (Å²) < 4.78 is 11.2. The van der Waals surface area contributed by atoms with E-state index in [0.29, 0.717) is 31.6 Å². The monoisotopic (exact) mass is 392 g/mol. The highest BCUT2D eigenvalue weighted by Gasteiger charge is 2.12. The van der Waals surface area contributed by atoms with Crippen LogP contribution < -0.4 is 16.0 Å². The van der Waals surface area contributed by atoms with Crippen LogP contribution in [0.4, 0.5) is 0 Å². The molecular formula is C21H36N4O3. The van der Waals surface area contributed by atoms with Gasteiger partial charge in [-0.15, -0.1) is 0 Å². The van der Waals surface area contributed by atoms with Crippen molar-refractivity contribution in [3.05, 3.63) is 23.7 Å². The lowest BCUT2D eigenvalue weighted by molar-refractivity contribution is 0.0468. The quantitative estimate of drug-likeness (QED) is 0.247. The lowest BCUT2D eigenvalue weighted by Crippen LogP contribution is -2.39. The Kier molecular flexibility index (Phi) is 10.5. The van der Waals surface area contributed by atoms with E-state index >= 15 is 0 Å². The smallest absolute Gasteiger partial charge is 0.287 e. The standard InChI is InChI=1S/C21H36N4O3/c1-3-22-21(25-14-16-27-18-9-6-4-5-7-10-18)24-13-8-12-23-20(26)19-17(2)11-15-28-19/h11,15,18H,3-10,12-14,16H2,1-2H3,(H,23,26)(H2,22,24,25). The Labute approximate surface area is 168 Å². The highest BCUT2D eigenvalue weighted by atomic mass is 16.5. The van der Waals surface area contributed by atoms with Crippen LogP contribution in [-0.4, -0.2) is 50.8 Å². The van der Waals surface area contributed by atoms with E-state index in [0.717, 1.165) is 31.0 Å². The van der Waals surface area contributed by atoms with Gasteiger partial charge < -0.3 is 25.1 Å². The molecule has 0 radical (unpaired) electrons. The molecule has 0 saturated heterocycles. The number of aliphatic imine (C=N–C) groups is 1. The Hall–Kier alpha value is -2.02. The molecule has 158 valence electrons. The topological polar surface area (TPSA) is 87.9 Å². The van der Waals surface area contributed by atoms with Crippen LogP contribution in [0.1, 0.15) is 68.0 Å². The molecule has 1 aliphatic rings. The molecule has 1 heterocycles. The van der Waals surface area contributed by atoms with Gasteiger partial charge in [0.25, 0.3) is 5.91 Å². The van der Waals surface area contributed by atoms with Crippen LogP contribution in [0.5, 0.6) is 0 Å². The molecule has 1 aromatic heterocycles. The molecule has 1 saturated carbocycles. The lowest BCUT2D eigenvalue weighted by Gasteiger charge is -2.16. The number of carbonyl (C=O) groups is 1. The van der Waals surface area contributed by atoms with Crippen LogP contribution >= 0.6 is 0 Å². The Balaban J connectivity index is 1.60. The molecule has 0 spiro atoms. The molecule has 2 rings (SSSR count). The number of nitrogens with one attached hydrogen (secondary N) is 3. The number of nitrogens with zero attached hydrogens (tertiary/aromatic N) is 1. The summed E-state index contributed by atoms with van der Waals surface area (Å²) in [5, 5.41) is 9.42. The molecule has 0 unspecified atom stereocenters. The van der Waals surface area contributed by atoms with Crippen LogP contribution in [0.15, 0.2) is 21.7 Å². The van der Waals surface area contributed by atoms with E-state index in [4.69, 9.17) is 9.15 Å². The van der Waals surface area contributed by atoms with Crippen molar-refractivity contribution in [3.63, 3.8) is 0 Å². The number of guanidine groups is 1. The number of hydrogen-bond donors (Lipinski definition) is 3. The first-order valence-corrected chi connectivity index (χ1v) is 10.7. The zero-order valence-corrected chi connectivity index (χ0v) is 17.4. The van der Waals surface area contributed by atoms with Crippen molar-refractivity contribution in [2.75, 3.05) is 32.8 Å². The van der Waals surface area contributed by atoms with E-state index in [9.17, 15) is 4.79 Å².